The van der Waals surface area contributed by atoms with E-state index in [-0.39, 0.29) is 5.92 Å². The van der Waals surface area contributed by atoms with Gasteiger partial charge in [0.25, 0.3) is 0 Å². The van der Waals surface area contributed by atoms with Gasteiger partial charge in [-0.15, -0.1) is 0 Å². The Hall–Kier alpha value is -1.51. The maximum atomic E-state index is 10.8. The highest BCUT2D eigenvalue weighted by molar-refractivity contribution is 5.79. The molecule has 0 fully saturated rings. The molecule has 0 saturated carbocycles. The summed E-state index contributed by atoms with van der Waals surface area (Å²) in [7, 11) is 0. The second kappa shape index (κ2) is 2.76. The number of carbonyl (C=O) groups is 1. The molecule has 0 spiro atoms. The van der Waals surface area contributed by atoms with E-state index >= 15 is 0 Å². The minimum atomic E-state index is -0.746. The standard InChI is InChI=1S/C10H11NO2/c11-9-3-1-2-6-7(9)4-5-8(6)10(12)13/h1-3,8H,4-5,11H2,(H,12,13)/t8-/m0/s1. The fourth-order valence-electron chi connectivity index (χ4n) is 1.94. The van der Waals surface area contributed by atoms with Crippen molar-refractivity contribution in [1.29, 1.82) is 0 Å². The van der Waals surface area contributed by atoms with Crippen molar-refractivity contribution in [3.63, 3.8) is 0 Å². The molecule has 1 aromatic carbocycles. The normalized spacial score (nSPS) is 19.8. The minimum absolute atomic E-state index is 0.349. The van der Waals surface area contributed by atoms with Crippen molar-refractivity contribution in [2.45, 2.75) is 18.8 Å². The molecule has 1 aromatic rings. The highest BCUT2D eigenvalue weighted by Gasteiger charge is 2.28. The predicted molar refractivity (Wildman–Crippen MR) is 49.6 cm³/mol. The first kappa shape index (κ1) is 8.10. The van der Waals surface area contributed by atoms with Crippen molar-refractivity contribution < 1.29 is 9.90 Å². The van der Waals surface area contributed by atoms with Crippen LogP contribution in [-0.4, -0.2) is 11.1 Å². The lowest BCUT2D eigenvalue weighted by molar-refractivity contribution is -0.138. The van der Waals surface area contributed by atoms with E-state index < -0.39 is 5.97 Å². The van der Waals surface area contributed by atoms with Gasteiger partial charge < -0.3 is 10.8 Å². The molecule has 68 valence electrons. The highest BCUT2D eigenvalue weighted by Crippen LogP contribution is 2.35. The Balaban J connectivity index is 2.49. The maximum absolute atomic E-state index is 10.8. The van der Waals surface area contributed by atoms with Crippen LogP contribution < -0.4 is 5.73 Å². The van der Waals surface area contributed by atoms with Crippen LogP contribution in [0.15, 0.2) is 18.2 Å². The Morgan fingerprint density at radius 3 is 3.00 bits per heavy atom. The Morgan fingerprint density at radius 1 is 1.54 bits per heavy atom. The third-order valence-electron chi connectivity index (χ3n) is 2.61. The lowest BCUT2D eigenvalue weighted by Gasteiger charge is -2.06. The van der Waals surface area contributed by atoms with Crippen molar-refractivity contribution in [2.75, 3.05) is 5.73 Å². The van der Waals surface area contributed by atoms with Crippen molar-refractivity contribution in [2.24, 2.45) is 0 Å². The van der Waals surface area contributed by atoms with Gasteiger partial charge in [-0.1, -0.05) is 12.1 Å². The molecule has 0 amide bonds. The quantitative estimate of drug-likeness (QED) is 0.637. The maximum Gasteiger partial charge on any atom is 0.310 e. The van der Waals surface area contributed by atoms with E-state index in [1.807, 2.05) is 18.2 Å². The third-order valence-corrected chi connectivity index (χ3v) is 2.61. The van der Waals surface area contributed by atoms with Gasteiger partial charge in [0.05, 0.1) is 5.92 Å². The zero-order valence-corrected chi connectivity index (χ0v) is 7.16. The van der Waals surface area contributed by atoms with Crippen molar-refractivity contribution in [1.82, 2.24) is 0 Å². The monoisotopic (exact) mass is 177 g/mol. The predicted octanol–water partition coefficient (Wildman–Crippen LogP) is 1.38. The van der Waals surface area contributed by atoms with Gasteiger partial charge in [0, 0.05) is 5.69 Å². The van der Waals surface area contributed by atoms with Crippen LogP contribution in [0.4, 0.5) is 5.69 Å². The van der Waals surface area contributed by atoms with Gasteiger partial charge in [0.2, 0.25) is 0 Å². The molecule has 3 N–H and O–H groups in total. The number of anilines is 1. The Kier molecular flexibility index (Phi) is 1.72. The zero-order valence-electron chi connectivity index (χ0n) is 7.16. The zero-order chi connectivity index (χ0) is 9.42. The molecule has 0 unspecified atom stereocenters. The summed E-state index contributed by atoms with van der Waals surface area (Å²) in [6, 6.07) is 5.50. The summed E-state index contributed by atoms with van der Waals surface area (Å²) in [6.07, 6.45) is 1.47. The summed E-state index contributed by atoms with van der Waals surface area (Å²) in [5.41, 5.74) is 8.38. The van der Waals surface area contributed by atoms with E-state index in [0.717, 1.165) is 23.2 Å². The van der Waals surface area contributed by atoms with E-state index in [1.165, 1.54) is 0 Å². The number of carboxylic acids is 1. The van der Waals surface area contributed by atoms with Crippen LogP contribution in [0.3, 0.4) is 0 Å². The molecule has 0 radical (unpaired) electrons. The minimum Gasteiger partial charge on any atom is -0.481 e. The number of benzene rings is 1. The van der Waals surface area contributed by atoms with Crippen LogP contribution >= 0.6 is 0 Å². The van der Waals surface area contributed by atoms with Gasteiger partial charge in [-0.05, 0) is 30.0 Å². The van der Waals surface area contributed by atoms with Gasteiger partial charge >= 0.3 is 5.97 Å². The Morgan fingerprint density at radius 2 is 2.31 bits per heavy atom. The van der Waals surface area contributed by atoms with Crippen LogP contribution in [0.5, 0.6) is 0 Å². The first-order valence-electron chi connectivity index (χ1n) is 4.30. The highest BCUT2D eigenvalue weighted by atomic mass is 16.4. The van der Waals surface area contributed by atoms with Gasteiger partial charge in [-0.3, -0.25) is 4.79 Å². The molecule has 0 saturated heterocycles. The van der Waals surface area contributed by atoms with E-state index in [2.05, 4.69) is 0 Å². The molecule has 0 aliphatic heterocycles. The summed E-state index contributed by atoms with van der Waals surface area (Å²) in [5, 5.41) is 8.91. The van der Waals surface area contributed by atoms with Crippen LogP contribution in [0, 0.1) is 0 Å². The number of nitrogens with two attached hydrogens (primary N) is 1. The summed E-state index contributed by atoms with van der Waals surface area (Å²) < 4.78 is 0. The van der Waals surface area contributed by atoms with E-state index in [4.69, 9.17) is 10.8 Å². The molecule has 0 heterocycles. The molecule has 1 atom stereocenters. The van der Waals surface area contributed by atoms with E-state index in [0.29, 0.717) is 6.42 Å². The molecule has 2 rings (SSSR count). The summed E-state index contributed by atoms with van der Waals surface area (Å²) in [4.78, 5) is 10.8. The summed E-state index contributed by atoms with van der Waals surface area (Å²) >= 11 is 0. The lowest BCUT2D eigenvalue weighted by atomic mass is 10.0. The number of nitrogen functional groups attached to an aromatic ring is 1. The summed E-state index contributed by atoms with van der Waals surface area (Å²) in [6.45, 7) is 0. The second-order valence-electron chi connectivity index (χ2n) is 3.34. The first-order chi connectivity index (χ1) is 6.20. The number of rotatable bonds is 1. The van der Waals surface area contributed by atoms with E-state index in [1.54, 1.807) is 0 Å². The topological polar surface area (TPSA) is 63.3 Å². The Bertz CT molecular complexity index is 360. The van der Waals surface area contributed by atoms with Crippen LogP contribution in [0.25, 0.3) is 0 Å². The molecular formula is C10H11NO2. The van der Waals surface area contributed by atoms with Crippen LogP contribution in [0.1, 0.15) is 23.5 Å². The molecule has 0 aromatic heterocycles. The Labute approximate surface area is 76.2 Å². The van der Waals surface area contributed by atoms with Crippen molar-refractivity contribution in [3.05, 3.63) is 29.3 Å². The molecule has 1 aliphatic carbocycles. The molecule has 3 heteroatoms. The van der Waals surface area contributed by atoms with Crippen LogP contribution in [-0.2, 0) is 11.2 Å². The lowest BCUT2D eigenvalue weighted by Crippen LogP contribution is -2.07. The van der Waals surface area contributed by atoms with Crippen molar-refractivity contribution >= 4 is 11.7 Å². The molecule has 0 bridgehead atoms. The summed E-state index contributed by atoms with van der Waals surface area (Å²) in [5.74, 6) is -1.09. The van der Waals surface area contributed by atoms with Crippen LogP contribution in [0.2, 0.25) is 0 Å². The number of fused-ring (bicyclic) bond motifs is 1. The first-order valence-corrected chi connectivity index (χ1v) is 4.30. The average molecular weight is 177 g/mol. The number of carboxylic acid groups (broad SMARTS) is 1. The number of hydrogen-bond acceptors (Lipinski definition) is 2. The fraction of sp³-hybridized carbons (Fsp3) is 0.300. The van der Waals surface area contributed by atoms with E-state index in [9.17, 15) is 4.79 Å². The number of aliphatic carboxylic acids is 1. The SMILES string of the molecule is Nc1cccc2c1CC[C@@H]2C(=O)O. The van der Waals surface area contributed by atoms with Gasteiger partial charge in [0.1, 0.15) is 0 Å². The third kappa shape index (κ3) is 1.16. The van der Waals surface area contributed by atoms with Gasteiger partial charge in [-0.2, -0.15) is 0 Å². The molecule has 3 nitrogen and oxygen atoms in total. The van der Waals surface area contributed by atoms with Gasteiger partial charge in [-0.25, -0.2) is 0 Å². The second-order valence-corrected chi connectivity index (χ2v) is 3.34. The largest absolute Gasteiger partial charge is 0.481 e. The number of hydrogen-bond donors (Lipinski definition) is 2. The molecule has 1 aliphatic rings. The average Bonchev–Trinajstić information content (AvgIpc) is 2.48. The smallest absolute Gasteiger partial charge is 0.310 e. The van der Waals surface area contributed by atoms with Gasteiger partial charge in [0.15, 0.2) is 0 Å². The van der Waals surface area contributed by atoms with Crippen molar-refractivity contribution in [3.8, 4) is 0 Å². The fourth-order valence-corrected chi connectivity index (χ4v) is 1.94. The molecular weight excluding hydrogens is 166 g/mol. The molecule has 13 heavy (non-hydrogen) atoms.